The number of ether oxygens (including phenoxy) is 3. The van der Waals surface area contributed by atoms with Crippen LogP contribution in [0.15, 0.2) is 21.7 Å². The van der Waals surface area contributed by atoms with Gasteiger partial charge < -0.3 is 19.2 Å². The van der Waals surface area contributed by atoms with Crippen LogP contribution in [0.4, 0.5) is 0 Å². The first-order valence-corrected chi connectivity index (χ1v) is 9.95. The zero-order valence-corrected chi connectivity index (χ0v) is 18.4. The van der Waals surface area contributed by atoms with Crippen molar-refractivity contribution in [2.45, 2.75) is 40.3 Å². The minimum Gasteiger partial charge on any atom is -0.493 e. The highest BCUT2D eigenvalue weighted by Gasteiger charge is 2.42. The fraction of sp³-hybridized carbons (Fsp3) is 0.524. The molecule has 1 aromatic carbocycles. The third kappa shape index (κ3) is 3.23. The lowest BCUT2D eigenvalue weighted by molar-refractivity contribution is -0.183. The summed E-state index contributed by atoms with van der Waals surface area (Å²) >= 11 is 0. The third-order valence-electron chi connectivity index (χ3n) is 5.40. The van der Waals surface area contributed by atoms with Crippen molar-refractivity contribution in [3.63, 3.8) is 0 Å². The first-order valence-electron chi connectivity index (χ1n) is 9.95. The maximum atomic E-state index is 13.3. The van der Waals surface area contributed by atoms with Crippen molar-refractivity contribution in [2.75, 3.05) is 20.8 Å². The molecule has 1 N–H and O–H groups in total. The lowest BCUT2D eigenvalue weighted by atomic mass is 9.88. The predicted molar refractivity (Wildman–Crippen MR) is 114 cm³/mol. The average molecular weight is 416 g/mol. The van der Waals surface area contributed by atoms with Gasteiger partial charge in [0.2, 0.25) is 5.43 Å². The average Bonchev–Trinajstić information content (AvgIpc) is 3.12. The normalized spacial score (nSPS) is 12.3. The molecule has 2 heterocycles. The Morgan fingerprint density at radius 2 is 1.57 bits per heavy atom. The number of hydrogen-bond acceptors (Lipinski definition) is 7. The van der Waals surface area contributed by atoms with Crippen LogP contribution < -0.4 is 20.5 Å². The third-order valence-corrected chi connectivity index (χ3v) is 5.40. The van der Waals surface area contributed by atoms with Crippen LogP contribution in [-0.4, -0.2) is 40.8 Å². The van der Waals surface area contributed by atoms with Gasteiger partial charge in [0.25, 0.3) is 5.56 Å². The molecule has 0 aliphatic heterocycles. The topological polar surface area (TPSA) is 108 Å². The summed E-state index contributed by atoms with van der Waals surface area (Å²) in [7, 11) is 2.96. The molecule has 0 radical (unpaired) electrons. The smallest absolute Gasteiger partial charge is 0.278 e. The van der Waals surface area contributed by atoms with E-state index in [1.165, 1.54) is 25.1 Å². The number of nitrogens with one attached hydrogen (secondary N) is 1. The second-order valence-electron chi connectivity index (χ2n) is 7.72. The van der Waals surface area contributed by atoms with Crippen LogP contribution in [0.1, 0.15) is 34.6 Å². The molecule has 9 nitrogen and oxygen atoms in total. The molecule has 0 amide bonds. The van der Waals surface area contributed by atoms with Gasteiger partial charge in [-0.3, -0.25) is 9.59 Å². The summed E-state index contributed by atoms with van der Waals surface area (Å²) in [5.41, 5.74) is -1.60. The van der Waals surface area contributed by atoms with Gasteiger partial charge in [0, 0.05) is 24.5 Å². The summed E-state index contributed by atoms with van der Waals surface area (Å²) in [6.45, 7) is 10.3. The van der Waals surface area contributed by atoms with Crippen LogP contribution in [0.2, 0.25) is 0 Å². The van der Waals surface area contributed by atoms with Crippen molar-refractivity contribution in [2.24, 2.45) is 11.8 Å². The number of methoxy groups -OCH3 is 2. The molecule has 3 rings (SSSR count). The van der Waals surface area contributed by atoms with E-state index in [2.05, 4.69) is 15.2 Å². The molecule has 0 aliphatic carbocycles. The van der Waals surface area contributed by atoms with E-state index in [1.54, 1.807) is 6.07 Å². The Hall–Kier alpha value is -2.94. The van der Waals surface area contributed by atoms with Gasteiger partial charge in [-0.15, -0.1) is 15.0 Å². The Balaban J connectivity index is 2.43. The van der Waals surface area contributed by atoms with Gasteiger partial charge in [0.1, 0.15) is 0 Å². The molecule has 9 heteroatoms. The standard InChI is InChI=1S/C21H28N4O5/c1-8-30-21(11(2)3,12(4)5)25-23-17-18(24-25)20(27)22-14-10-16(29-7)15(28-6)9-13(14)19(17)26/h9-12H,8H2,1-7H3,(H,22,27). The van der Waals surface area contributed by atoms with Gasteiger partial charge in [-0.1, -0.05) is 27.7 Å². The van der Waals surface area contributed by atoms with Crippen molar-refractivity contribution < 1.29 is 14.2 Å². The minimum absolute atomic E-state index is 0.0108. The highest BCUT2D eigenvalue weighted by atomic mass is 16.5. The van der Waals surface area contributed by atoms with Crippen LogP contribution >= 0.6 is 0 Å². The van der Waals surface area contributed by atoms with Crippen LogP contribution in [-0.2, 0) is 10.5 Å². The van der Waals surface area contributed by atoms with Crippen LogP contribution in [0.3, 0.4) is 0 Å². The number of nitrogens with zero attached hydrogens (tertiary/aromatic N) is 3. The second kappa shape index (κ2) is 8.06. The molecule has 0 fully saturated rings. The van der Waals surface area contributed by atoms with Crippen LogP contribution in [0, 0.1) is 11.8 Å². The Bertz CT molecular complexity index is 1190. The number of fused-ring (bicyclic) bond motifs is 2. The van der Waals surface area contributed by atoms with Crippen molar-refractivity contribution in [1.82, 2.24) is 20.0 Å². The number of hydrogen-bond donors (Lipinski definition) is 1. The molecule has 30 heavy (non-hydrogen) atoms. The van der Waals surface area contributed by atoms with Crippen LogP contribution in [0.5, 0.6) is 11.5 Å². The number of benzene rings is 1. The largest absolute Gasteiger partial charge is 0.493 e. The predicted octanol–water partition coefficient (Wildman–Crippen LogP) is 2.65. The van der Waals surface area contributed by atoms with Crippen molar-refractivity contribution in [3.05, 3.63) is 32.7 Å². The van der Waals surface area contributed by atoms with E-state index in [9.17, 15) is 9.59 Å². The zero-order valence-electron chi connectivity index (χ0n) is 18.4. The van der Waals surface area contributed by atoms with Gasteiger partial charge in [0.05, 0.1) is 25.1 Å². The molecule has 2 aromatic heterocycles. The summed E-state index contributed by atoms with van der Waals surface area (Å²) in [6, 6.07) is 3.09. The van der Waals surface area contributed by atoms with Gasteiger partial charge in [0.15, 0.2) is 28.3 Å². The monoisotopic (exact) mass is 416 g/mol. The Labute approximate surface area is 173 Å². The highest BCUT2D eigenvalue weighted by Crippen LogP contribution is 2.35. The molecular weight excluding hydrogens is 388 g/mol. The molecule has 0 atom stereocenters. The van der Waals surface area contributed by atoms with Crippen molar-refractivity contribution in [3.8, 4) is 11.5 Å². The fourth-order valence-corrected chi connectivity index (χ4v) is 4.00. The van der Waals surface area contributed by atoms with E-state index < -0.39 is 16.7 Å². The summed E-state index contributed by atoms with van der Waals surface area (Å²) < 4.78 is 16.7. The van der Waals surface area contributed by atoms with E-state index in [1.807, 2.05) is 34.6 Å². The molecule has 0 unspecified atom stereocenters. The van der Waals surface area contributed by atoms with Gasteiger partial charge in [-0.2, -0.15) is 0 Å². The zero-order chi connectivity index (χ0) is 22.2. The highest BCUT2D eigenvalue weighted by molar-refractivity contribution is 5.88. The van der Waals surface area contributed by atoms with Crippen molar-refractivity contribution >= 4 is 21.9 Å². The maximum Gasteiger partial charge on any atom is 0.278 e. The van der Waals surface area contributed by atoms with Crippen molar-refractivity contribution in [1.29, 1.82) is 0 Å². The summed E-state index contributed by atoms with van der Waals surface area (Å²) in [6.07, 6.45) is 0. The molecule has 162 valence electrons. The first kappa shape index (κ1) is 21.8. The van der Waals surface area contributed by atoms with Gasteiger partial charge in [-0.05, 0) is 13.0 Å². The lowest BCUT2D eigenvalue weighted by Gasteiger charge is -2.39. The first-order chi connectivity index (χ1) is 14.2. The van der Waals surface area contributed by atoms with Gasteiger partial charge >= 0.3 is 0 Å². The van der Waals surface area contributed by atoms with E-state index in [-0.39, 0.29) is 28.3 Å². The maximum absolute atomic E-state index is 13.3. The van der Waals surface area contributed by atoms with Gasteiger partial charge in [-0.25, -0.2) is 0 Å². The van der Waals surface area contributed by atoms with E-state index in [4.69, 9.17) is 14.2 Å². The second-order valence-corrected chi connectivity index (χ2v) is 7.72. The summed E-state index contributed by atoms with van der Waals surface area (Å²) in [4.78, 5) is 30.4. The van der Waals surface area contributed by atoms with E-state index >= 15 is 0 Å². The Morgan fingerprint density at radius 3 is 2.10 bits per heavy atom. The number of H-pyrrole nitrogens is 1. The SMILES string of the molecule is CCOC(C(C)C)(C(C)C)n1nc2c(=O)[nH]c3cc(OC)c(OC)cc3c(=O)c2n1. The minimum atomic E-state index is -0.901. The molecular formula is C21H28N4O5. The summed E-state index contributed by atoms with van der Waals surface area (Å²) in [5, 5.41) is 9.15. The van der Waals surface area contributed by atoms with E-state index in [0.717, 1.165) is 0 Å². The molecule has 0 spiro atoms. The number of rotatable bonds is 7. The molecule has 0 bridgehead atoms. The van der Waals surface area contributed by atoms with Crippen LogP contribution in [0.25, 0.3) is 21.9 Å². The molecule has 0 saturated heterocycles. The van der Waals surface area contributed by atoms with E-state index in [0.29, 0.717) is 23.6 Å². The quantitative estimate of drug-likeness (QED) is 0.631. The summed E-state index contributed by atoms with van der Waals surface area (Å²) in [5.74, 6) is 0.756. The lowest BCUT2D eigenvalue weighted by Crippen LogP contribution is -2.48. The molecule has 3 aromatic rings. The molecule has 0 saturated carbocycles. The Morgan fingerprint density at radius 1 is 1.00 bits per heavy atom. The number of aromatic amines is 1. The fourth-order valence-electron chi connectivity index (χ4n) is 4.00. The number of aromatic nitrogens is 4. The molecule has 0 aliphatic rings. The Kier molecular flexibility index (Phi) is 5.85.